The van der Waals surface area contributed by atoms with Gasteiger partial charge in [-0.05, 0) is 128 Å². The first kappa shape index (κ1) is 126. The molecule has 5 N–H and O–H groups in total. The quantitative estimate of drug-likeness (QED) is 0.0101. The van der Waals surface area contributed by atoms with E-state index in [-0.39, 0.29) is 103 Å². The number of aromatic nitrogens is 1. The molecule has 0 aromatic carbocycles. The Kier molecular flexibility index (Phi) is 71.4. The normalized spacial score (nSPS) is 17.8. The molecule has 1 aromatic heterocycles. The number of carboxylic acid groups (broad SMARTS) is 1. The number of aliphatic carboxylic acids is 1. The number of carbonyl (C=O) groups is 8. The lowest BCUT2D eigenvalue weighted by Crippen LogP contribution is -2.64. The molecule has 0 bridgehead atoms. The van der Waals surface area contributed by atoms with E-state index >= 15 is 9.59 Å². The van der Waals surface area contributed by atoms with Crippen molar-refractivity contribution in [2.45, 2.75) is 230 Å². The minimum atomic E-state index is -1.86. The molecule has 11 atom stereocenters. The van der Waals surface area contributed by atoms with Crippen molar-refractivity contribution < 1.29 is 154 Å². The second-order valence-electron chi connectivity index (χ2n) is 34.2. The number of hydrogen-bond donors (Lipinski definition) is 5. The number of nitrogens with one attached hydrogen (secondary N) is 1. The van der Waals surface area contributed by atoms with Crippen LogP contribution in [0.25, 0.3) is 4.85 Å². The monoisotopic (exact) mass is 2000 g/mol. The summed E-state index contributed by atoms with van der Waals surface area (Å²) in [4.78, 5) is 122. The van der Waals surface area contributed by atoms with Gasteiger partial charge in [-0.15, -0.1) is 11.8 Å². The van der Waals surface area contributed by atoms with Crippen molar-refractivity contribution in [2.75, 3.05) is 257 Å². The van der Waals surface area contributed by atoms with Crippen molar-refractivity contribution >= 4 is 108 Å². The van der Waals surface area contributed by atoms with E-state index in [2.05, 4.69) is 15.1 Å². The van der Waals surface area contributed by atoms with Crippen LogP contribution >= 0.6 is 57.3 Å². The molecule has 2 rings (SSSR count). The van der Waals surface area contributed by atoms with Crippen LogP contribution in [0.1, 0.15) is 184 Å². The summed E-state index contributed by atoms with van der Waals surface area (Å²) in [7, 11) is 7.92. The predicted molar refractivity (Wildman–Crippen MR) is 514 cm³/mol. The fourth-order valence-electron chi connectivity index (χ4n) is 15.0. The van der Waals surface area contributed by atoms with E-state index in [0.29, 0.717) is 232 Å². The molecule has 1 amide bonds. The number of esters is 4. The van der Waals surface area contributed by atoms with Crippen LogP contribution in [0, 0.1) is 28.2 Å². The van der Waals surface area contributed by atoms with Crippen LogP contribution in [0.5, 0.6) is 0 Å². The highest BCUT2D eigenvalue weighted by Crippen LogP contribution is 2.55. The van der Waals surface area contributed by atoms with Gasteiger partial charge < -0.3 is 130 Å². The Morgan fingerprint density at radius 1 is 0.515 bits per heavy atom. The lowest BCUT2D eigenvalue weighted by atomic mass is 9.58. The third kappa shape index (κ3) is 56.8. The standard InChI is InChI=1S/C93H160N4O32S5/c1-14-17-35-125-85(108)90(7,71-93(30-15-2,82(104)105)72-92(9,133-87(130)131-16-3)86(109)128-65-66-132-134-77-27-21-22-32-95-77)69-88(5,83(106)126-38-33-97(11)12)68-89(6,84(107)127-64-39-110-13)70-91(8,94-10)31-28-74(100)26-24-34-111-40-42-113-44-46-115-48-50-117-52-54-119-56-58-121-60-62-123-63-61-122-59-57-120-55-53-118-51-49-116-47-45-114-43-41-112-37-29-75(101)25-20-18-19-23-36-124-81-78(96-73(4)99)80(103)79(102)76(67-98)129-81/h21-22,27,32,76,78-81,98,102-103H,14-20,23-26,28-31,33-72H2,1-9,11-13H3,(H,96,99)(H,104,105)/t76-,78-,79+,80-,81-,88?,89?,90?,91?,92?,93?/m1/s1. The van der Waals surface area contributed by atoms with Gasteiger partial charge in [0, 0.05) is 91.2 Å². The van der Waals surface area contributed by atoms with Crippen molar-refractivity contribution in [1.29, 1.82) is 0 Å². The number of ketones is 2. The second kappa shape index (κ2) is 76.3. The maximum absolute atomic E-state index is 15.3. The number of unbranched alkanes of at least 4 members (excludes halogenated alkanes) is 4. The summed E-state index contributed by atoms with van der Waals surface area (Å²) < 4.78 is 112. The van der Waals surface area contributed by atoms with Gasteiger partial charge in [0.15, 0.2) is 6.29 Å². The molecule has 0 radical (unpaired) electrons. The van der Waals surface area contributed by atoms with Gasteiger partial charge in [0.05, 0.1) is 207 Å². The number of aliphatic hydroxyl groups excluding tert-OH is 3. The smallest absolute Gasteiger partial charge is 0.322 e. The first-order valence-electron chi connectivity index (χ1n) is 46.9. The number of nitrogens with zero attached hydrogens (tertiary/aromatic N) is 3. The maximum Gasteiger partial charge on any atom is 0.322 e. The molecule has 1 aliphatic heterocycles. The Morgan fingerprint density at radius 2 is 0.978 bits per heavy atom. The molecular formula is C93H160N4O32S5. The predicted octanol–water partition coefficient (Wildman–Crippen LogP) is 10.3. The van der Waals surface area contributed by atoms with Crippen LogP contribution in [-0.2, 0) is 133 Å². The number of thioether (sulfide) groups is 2. The van der Waals surface area contributed by atoms with Gasteiger partial charge >= 0.3 is 29.8 Å². The van der Waals surface area contributed by atoms with Crippen LogP contribution < -0.4 is 5.32 Å². The van der Waals surface area contributed by atoms with Crippen molar-refractivity contribution in [2.24, 2.45) is 21.7 Å². The number of hydrogen-bond acceptors (Lipinski definition) is 38. The van der Waals surface area contributed by atoms with E-state index in [1.54, 1.807) is 54.9 Å². The van der Waals surface area contributed by atoms with E-state index in [1.165, 1.54) is 47.4 Å². The molecule has 1 aromatic rings. The average Bonchev–Trinajstić information content (AvgIpc) is 0.757. The summed E-state index contributed by atoms with van der Waals surface area (Å²) in [6.07, 6.45) is 0.966. The van der Waals surface area contributed by atoms with Gasteiger partial charge in [-0.25, -0.2) is 11.6 Å². The number of thiocarbonyl (C=S) groups is 1. The van der Waals surface area contributed by atoms with E-state index < -0.39 is 118 Å². The Bertz CT molecular complexity index is 3370. The van der Waals surface area contributed by atoms with Crippen LogP contribution in [0.15, 0.2) is 29.4 Å². The topological polar surface area (TPSA) is 435 Å². The van der Waals surface area contributed by atoms with E-state index in [0.717, 1.165) is 36.1 Å². The molecule has 0 saturated carbocycles. The van der Waals surface area contributed by atoms with Crippen molar-refractivity contribution in [3.63, 3.8) is 0 Å². The first-order valence-corrected chi connectivity index (χ1v) is 51.4. The summed E-state index contributed by atoms with van der Waals surface area (Å²) in [6.45, 7) is 33.5. The van der Waals surface area contributed by atoms with Crippen LogP contribution in [-0.4, -0.2) is 379 Å². The number of likely N-dealkylation sites (N-methyl/N-ethyl adjacent to an activating group) is 1. The Balaban J connectivity index is 1.67. The number of amides is 1. The summed E-state index contributed by atoms with van der Waals surface area (Å²) in [6, 6.07) is 4.57. The largest absolute Gasteiger partial charge is 0.481 e. The molecule has 1 aliphatic rings. The highest BCUT2D eigenvalue weighted by atomic mass is 33.1. The average molecular weight is 2010 g/mol. The van der Waals surface area contributed by atoms with E-state index in [1.807, 2.05) is 43.9 Å². The Labute approximate surface area is 817 Å². The van der Waals surface area contributed by atoms with Gasteiger partial charge in [0.2, 0.25) is 11.4 Å². The van der Waals surface area contributed by atoms with Crippen molar-refractivity contribution in [3.05, 3.63) is 35.8 Å². The summed E-state index contributed by atoms with van der Waals surface area (Å²) in [5.74, 6) is -3.78. The molecule has 2 heterocycles. The SMILES string of the molecule is [C-]#[N+]C(C)(CCC(=O)CCCOCCOCCOCCOCCOCCOCCOCCOCCOCCOCCOCCOCCOCCC(=O)CCCCCCO[C@@H]1O[C@H](CO)[C@H](O)[C@H](O)[C@H]1NC(C)=O)CC(C)(CC(C)(CC(C)(CC(CCC)(CC(C)(SC(=S)SCC)C(=O)OCCSSc1ccccn1)C(=O)O)C(=O)OCCCC)C(=O)OCCN(C)C)C(=O)OCCOC. The molecule has 1 fully saturated rings. The van der Waals surface area contributed by atoms with Crippen LogP contribution in [0.2, 0.25) is 0 Å². The van der Waals surface area contributed by atoms with E-state index in [4.69, 9.17) is 114 Å². The molecule has 0 spiro atoms. The molecule has 1 saturated heterocycles. The van der Waals surface area contributed by atoms with Gasteiger partial charge in [-0.2, -0.15) is 0 Å². The van der Waals surface area contributed by atoms with Gasteiger partial charge in [-0.3, -0.25) is 38.4 Å². The molecule has 0 aliphatic carbocycles. The first-order chi connectivity index (χ1) is 64.3. The number of carbonyl (C=O) groups excluding carboxylic acids is 7. The third-order valence-corrected chi connectivity index (χ3v) is 26.3. The minimum absolute atomic E-state index is 0.00879. The highest BCUT2D eigenvalue weighted by molar-refractivity contribution is 8.76. The fourth-order valence-corrected chi connectivity index (χ4v) is 19.8. The Morgan fingerprint density at radius 3 is 1.43 bits per heavy atom. The van der Waals surface area contributed by atoms with Gasteiger partial charge in [0.25, 0.3) is 0 Å². The van der Waals surface area contributed by atoms with Gasteiger partial charge in [-0.1, -0.05) is 87.3 Å². The zero-order valence-electron chi connectivity index (χ0n) is 81.7. The van der Waals surface area contributed by atoms with Crippen molar-refractivity contribution in [1.82, 2.24) is 15.2 Å². The van der Waals surface area contributed by atoms with E-state index in [9.17, 15) is 49.2 Å². The van der Waals surface area contributed by atoms with Crippen molar-refractivity contribution in [3.8, 4) is 0 Å². The highest BCUT2D eigenvalue weighted by Gasteiger charge is 2.59. The van der Waals surface area contributed by atoms with Crippen LogP contribution in [0.4, 0.5) is 0 Å². The lowest BCUT2D eigenvalue weighted by Gasteiger charge is -2.45. The summed E-state index contributed by atoms with van der Waals surface area (Å²) in [5, 5.41) is 45.1. The number of rotatable bonds is 89. The Hall–Kier alpha value is -4.51. The van der Waals surface area contributed by atoms with Gasteiger partial charge in [0.1, 0.15) is 69.0 Å². The third-order valence-electron chi connectivity index (χ3n) is 21.4. The molecule has 134 heavy (non-hydrogen) atoms. The fraction of sp³-hybridized carbons (Fsp3) is 0.839. The minimum Gasteiger partial charge on any atom is -0.481 e. The number of aliphatic hydroxyl groups is 3. The summed E-state index contributed by atoms with van der Waals surface area (Å²) >= 11 is 8.17. The number of methoxy groups -OCH3 is 1. The molecule has 41 heteroatoms. The molecule has 6 unspecified atom stereocenters. The lowest BCUT2D eigenvalue weighted by molar-refractivity contribution is -0.270. The zero-order chi connectivity index (χ0) is 99.0. The number of carboxylic acids is 1. The molecule has 774 valence electrons. The maximum atomic E-state index is 15.3. The zero-order valence-corrected chi connectivity index (χ0v) is 85.8. The number of Topliss-reactive ketones (excluding diaryl/α,β-unsaturated/α-hetero) is 2. The molecule has 36 nitrogen and oxygen atoms in total. The molecular weight excluding hydrogens is 1850 g/mol. The number of ether oxygens (including phenoxy) is 20. The summed E-state index contributed by atoms with van der Waals surface area (Å²) in [5.41, 5.74) is -8.58. The number of pyridine rings is 1. The van der Waals surface area contributed by atoms with Crippen LogP contribution in [0.3, 0.4) is 0 Å². The second-order valence-corrected chi connectivity index (χ2v) is 40.6.